The molecule has 0 saturated carbocycles. The van der Waals surface area contributed by atoms with Gasteiger partial charge in [-0.05, 0) is 29.8 Å². The van der Waals surface area contributed by atoms with Crippen LogP contribution < -0.4 is 4.90 Å². The van der Waals surface area contributed by atoms with Crippen LogP contribution in [0, 0.1) is 17.5 Å². The Labute approximate surface area is 125 Å². The predicted octanol–water partition coefficient (Wildman–Crippen LogP) is 3.59. The molecule has 2 aromatic carbocycles. The van der Waals surface area contributed by atoms with Gasteiger partial charge in [-0.2, -0.15) is 0 Å². The molecule has 0 fully saturated rings. The van der Waals surface area contributed by atoms with Crippen LogP contribution in [-0.2, 0) is 11.3 Å². The lowest BCUT2D eigenvalue weighted by Crippen LogP contribution is -2.26. The summed E-state index contributed by atoms with van der Waals surface area (Å²) in [4.78, 5) is 12.2. The fraction of sp³-hybridized carbons (Fsp3) is 0.188. The third kappa shape index (κ3) is 4.25. The highest BCUT2D eigenvalue weighted by atomic mass is 19.1. The quantitative estimate of drug-likeness (QED) is 0.886. The molecule has 0 atom stereocenters. The maximum atomic E-state index is 13.9. The summed E-state index contributed by atoms with van der Waals surface area (Å²) in [7, 11) is 0. The Morgan fingerprint density at radius 1 is 1.00 bits per heavy atom. The van der Waals surface area contributed by atoms with Crippen LogP contribution in [-0.4, -0.2) is 17.6 Å². The van der Waals surface area contributed by atoms with Gasteiger partial charge >= 0.3 is 5.97 Å². The minimum absolute atomic E-state index is 0.0509. The van der Waals surface area contributed by atoms with Crippen molar-refractivity contribution >= 4 is 11.7 Å². The highest BCUT2D eigenvalue weighted by molar-refractivity contribution is 5.67. The molecule has 6 heteroatoms. The Kier molecular flexibility index (Phi) is 5.04. The zero-order valence-electron chi connectivity index (χ0n) is 11.6. The second-order valence-electron chi connectivity index (χ2n) is 4.79. The summed E-state index contributed by atoms with van der Waals surface area (Å²) in [6, 6.07) is 8.72. The molecule has 1 N–H and O–H groups in total. The maximum Gasteiger partial charge on any atom is 0.305 e. The van der Waals surface area contributed by atoms with Crippen LogP contribution in [0.15, 0.2) is 42.5 Å². The first kappa shape index (κ1) is 15.9. The number of carbonyl (C=O) groups is 1. The van der Waals surface area contributed by atoms with E-state index in [0.29, 0.717) is 5.56 Å². The Morgan fingerprint density at radius 2 is 1.64 bits per heavy atom. The first-order valence-electron chi connectivity index (χ1n) is 6.62. The van der Waals surface area contributed by atoms with Crippen molar-refractivity contribution in [3.8, 4) is 0 Å². The minimum Gasteiger partial charge on any atom is -0.481 e. The molecule has 0 heterocycles. The lowest BCUT2D eigenvalue weighted by Gasteiger charge is -2.25. The Bertz CT molecular complexity index is 659. The van der Waals surface area contributed by atoms with Gasteiger partial charge in [-0.25, -0.2) is 13.2 Å². The van der Waals surface area contributed by atoms with E-state index in [2.05, 4.69) is 0 Å². The van der Waals surface area contributed by atoms with Crippen LogP contribution in [0.4, 0.5) is 18.9 Å². The van der Waals surface area contributed by atoms with Gasteiger partial charge in [0.15, 0.2) is 0 Å². The second-order valence-corrected chi connectivity index (χ2v) is 4.79. The molecule has 0 saturated heterocycles. The number of carboxylic acids is 1. The maximum absolute atomic E-state index is 13.9. The third-order valence-corrected chi connectivity index (χ3v) is 3.13. The van der Waals surface area contributed by atoms with E-state index in [1.165, 1.54) is 35.2 Å². The van der Waals surface area contributed by atoms with Gasteiger partial charge in [-0.1, -0.05) is 12.1 Å². The van der Waals surface area contributed by atoms with Gasteiger partial charge in [0.05, 0.1) is 12.1 Å². The summed E-state index contributed by atoms with van der Waals surface area (Å²) in [5.41, 5.74) is 0.794. The highest BCUT2D eigenvalue weighted by Gasteiger charge is 2.14. The van der Waals surface area contributed by atoms with Crippen LogP contribution in [0.2, 0.25) is 0 Å². The summed E-state index contributed by atoms with van der Waals surface area (Å²) in [5, 5.41) is 8.80. The Morgan fingerprint density at radius 3 is 2.23 bits per heavy atom. The third-order valence-electron chi connectivity index (χ3n) is 3.13. The summed E-state index contributed by atoms with van der Waals surface area (Å²) in [6.45, 7) is 0.241. The Balaban J connectivity index is 2.25. The lowest BCUT2D eigenvalue weighted by atomic mass is 10.1. The largest absolute Gasteiger partial charge is 0.481 e. The molecule has 0 spiro atoms. The Hall–Kier alpha value is -2.50. The highest BCUT2D eigenvalue weighted by Crippen LogP contribution is 2.22. The van der Waals surface area contributed by atoms with Gasteiger partial charge in [0.2, 0.25) is 0 Å². The molecule has 0 aliphatic rings. The standard InChI is InChI=1S/C16H14F3NO2/c17-12-3-1-11(2-4-12)10-20(8-7-16(21)22)15-6-5-13(18)9-14(15)19/h1-6,9H,7-8,10H2,(H,21,22). The number of benzene rings is 2. The van der Waals surface area contributed by atoms with E-state index in [9.17, 15) is 18.0 Å². The van der Waals surface area contributed by atoms with Gasteiger partial charge in [0.1, 0.15) is 17.5 Å². The van der Waals surface area contributed by atoms with E-state index in [0.717, 1.165) is 12.1 Å². The second kappa shape index (κ2) is 6.98. The summed E-state index contributed by atoms with van der Waals surface area (Å²) in [6.07, 6.45) is -0.196. The van der Waals surface area contributed by atoms with Gasteiger partial charge in [0, 0.05) is 19.2 Å². The zero-order chi connectivity index (χ0) is 16.1. The molecule has 116 valence electrons. The fourth-order valence-corrected chi connectivity index (χ4v) is 2.06. The lowest BCUT2D eigenvalue weighted by molar-refractivity contribution is -0.136. The van der Waals surface area contributed by atoms with E-state index < -0.39 is 23.4 Å². The SMILES string of the molecule is O=C(O)CCN(Cc1ccc(F)cc1)c1ccc(F)cc1F. The van der Waals surface area contributed by atoms with E-state index >= 15 is 0 Å². The number of hydrogen-bond donors (Lipinski definition) is 1. The summed E-state index contributed by atoms with van der Waals surface area (Å²) in [5.74, 6) is -2.89. The molecule has 0 unspecified atom stereocenters. The van der Waals surface area contributed by atoms with Crippen LogP contribution in [0.5, 0.6) is 0 Å². The van der Waals surface area contributed by atoms with Crippen molar-refractivity contribution in [3.05, 3.63) is 65.5 Å². The van der Waals surface area contributed by atoms with Crippen LogP contribution in [0.25, 0.3) is 0 Å². The smallest absolute Gasteiger partial charge is 0.305 e. The number of halogens is 3. The molecule has 0 aliphatic heterocycles. The van der Waals surface area contributed by atoms with E-state index in [-0.39, 0.29) is 25.2 Å². The molecule has 0 aliphatic carbocycles. The first-order chi connectivity index (χ1) is 10.5. The predicted molar refractivity (Wildman–Crippen MR) is 76.1 cm³/mol. The molecule has 22 heavy (non-hydrogen) atoms. The molecule has 0 radical (unpaired) electrons. The average Bonchev–Trinajstić information content (AvgIpc) is 2.46. The molecule has 0 aromatic heterocycles. The first-order valence-corrected chi connectivity index (χ1v) is 6.62. The normalized spacial score (nSPS) is 10.5. The van der Waals surface area contributed by atoms with Crippen molar-refractivity contribution in [2.75, 3.05) is 11.4 Å². The molecule has 3 nitrogen and oxygen atoms in total. The average molecular weight is 309 g/mol. The van der Waals surface area contributed by atoms with Crippen molar-refractivity contribution in [2.45, 2.75) is 13.0 Å². The van der Waals surface area contributed by atoms with Crippen molar-refractivity contribution in [2.24, 2.45) is 0 Å². The molecular formula is C16H14F3NO2. The van der Waals surface area contributed by atoms with E-state index in [4.69, 9.17) is 5.11 Å². The monoisotopic (exact) mass is 309 g/mol. The number of rotatable bonds is 6. The van der Waals surface area contributed by atoms with Crippen LogP contribution in [0.3, 0.4) is 0 Å². The number of aliphatic carboxylic acids is 1. The number of carboxylic acid groups (broad SMARTS) is 1. The topological polar surface area (TPSA) is 40.5 Å². The fourth-order valence-electron chi connectivity index (χ4n) is 2.06. The van der Waals surface area contributed by atoms with Crippen molar-refractivity contribution in [1.82, 2.24) is 0 Å². The van der Waals surface area contributed by atoms with Crippen molar-refractivity contribution < 1.29 is 23.1 Å². The summed E-state index contributed by atoms with van der Waals surface area (Å²) >= 11 is 0. The number of hydrogen-bond acceptors (Lipinski definition) is 2. The number of anilines is 1. The molecular weight excluding hydrogens is 295 g/mol. The van der Waals surface area contributed by atoms with Crippen molar-refractivity contribution in [3.63, 3.8) is 0 Å². The zero-order valence-corrected chi connectivity index (χ0v) is 11.6. The molecule has 2 rings (SSSR count). The van der Waals surface area contributed by atoms with Crippen molar-refractivity contribution in [1.29, 1.82) is 0 Å². The minimum atomic E-state index is -1.02. The van der Waals surface area contributed by atoms with Gasteiger partial charge in [-0.3, -0.25) is 4.79 Å². The number of nitrogens with zero attached hydrogens (tertiary/aromatic N) is 1. The van der Waals surface area contributed by atoms with E-state index in [1.807, 2.05) is 0 Å². The van der Waals surface area contributed by atoms with Gasteiger partial charge in [0.25, 0.3) is 0 Å². The molecule has 2 aromatic rings. The molecule has 0 amide bonds. The van der Waals surface area contributed by atoms with Gasteiger partial charge in [-0.15, -0.1) is 0 Å². The molecule has 0 bridgehead atoms. The summed E-state index contributed by atoms with van der Waals surface area (Å²) < 4.78 is 39.8. The van der Waals surface area contributed by atoms with Gasteiger partial charge < -0.3 is 10.0 Å². The van der Waals surface area contributed by atoms with Crippen LogP contribution in [0.1, 0.15) is 12.0 Å². The van der Waals surface area contributed by atoms with Crippen LogP contribution >= 0.6 is 0 Å². The van der Waals surface area contributed by atoms with E-state index in [1.54, 1.807) is 0 Å².